The van der Waals surface area contributed by atoms with Crippen molar-refractivity contribution in [2.75, 3.05) is 19.7 Å². The van der Waals surface area contributed by atoms with Crippen molar-refractivity contribution >= 4 is 12.0 Å². The zero-order valence-corrected chi connectivity index (χ0v) is 16.7. The van der Waals surface area contributed by atoms with Crippen molar-refractivity contribution < 1.29 is 23.1 Å². The molecule has 1 saturated carbocycles. The quantitative estimate of drug-likeness (QED) is 0.731. The number of fused-ring (bicyclic) bond motifs is 3. The largest absolute Gasteiger partial charge is 0.405 e. The summed E-state index contributed by atoms with van der Waals surface area (Å²) >= 11 is 0. The van der Waals surface area contributed by atoms with E-state index in [0.29, 0.717) is 24.6 Å². The summed E-state index contributed by atoms with van der Waals surface area (Å²) in [6.07, 6.45) is 1.06. The summed E-state index contributed by atoms with van der Waals surface area (Å²) < 4.78 is 39.6. The van der Waals surface area contributed by atoms with Crippen molar-refractivity contribution in [3.63, 3.8) is 0 Å². The van der Waals surface area contributed by atoms with Gasteiger partial charge in [-0.2, -0.15) is 13.2 Å². The Morgan fingerprint density at radius 1 is 1.33 bits per heavy atom. The molecule has 1 amide bonds. The van der Waals surface area contributed by atoms with Gasteiger partial charge in [0.05, 0.1) is 12.1 Å². The Hall–Kier alpha value is -2.13. The fourth-order valence-corrected chi connectivity index (χ4v) is 5.03. The van der Waals surface area contributed by atoms with E-state index in [1.165, 1.54) is 0 Å². The van der Waals surface area contributed by atoms with Crippen LogP contribution < -0.4 is 10.9 Å². The number of nitrogens with one attached hydrogen (secondary N) is 1. The van der Waals surface area contributed by atoms with Crippen LogP contribution in [0, 0.1) is 17.8 Å². The number of pyridine rings is 1. The van der Waals surface area contributed by atoms with Crippen LogP contribution in [0.15, 0.2) is 23.0 Å². The molecule has 2 aliphatic heterocycles. The van der Waals surface area contributed by atoms with Gasteiger partial charge in [-0.1, -0.05) is 12.2 Å². The molecule has 1 saturated heterocycles. The normalized spacial score (nSPS) is 28.7. The van der Waals surface area contributed by atoms with E-state index in [4.69, 9.17) is 0 Å². The van der Waals surface area contributed by atoms with Crippen molar-refractivity contribution in [3.05, 3.63) is 39.8 Å². The number of aliphatic hydroxyl groups excluding tert-OH is 1. The Morgan fingerprint density at radius 2 is 2.07 bits per heavy atom. The molecule has 4 atom stereocenters. The van der Waals surface area contributed by atoms with Gasteiger partial charge in [0.15, 0.2) is 0 Å². The molecule has 0 radical (unpaired) electrons. The number of aliphatic hydroxyl groups is 1. The Morgan fingerprint density at radius 3 is 2.67 bits per heavy atom. The lowest BCUT2D eigenvalue weighted by Gasteiger charge is -2.31. The van der Waals surface area contributed by atoms with Crippen LogP contribution >= 0.6 is 0 Å². The highest BCUT2D eigenvalue weighted by Gasteiger charge is 2.56. The highest BCUT2D eigenvalue weighted by Crippen LogP contribution is 2.50. The van der Waals surface area contributed by atoms with Gasteiger partial charge in [0.1, 0.15) is 6.54 Å². The van der Waals surface area contributed by atoms with Gasteiger partial charge < -0.3 is 15.0 Å². The second-order valence-electron chi connectivity index (χ2n) is 8.50. The molecule has 9 heteroatoms. The molecular weight excluding hydrogens is 399 g/mol. The van der Waals surface area contributed by atoms with Crippen LogP contribution in [0.1, 0.15) is 37.1 Å². The van der Waals surface area contributed by atoms with Gasteiger partial charge in [0.25, 0.3) is 5.56 Å². The second kappa shape index (κ2) is 7.85. The number of rotatable bonds is 6. The summed E-state index contributed by atoms with van der Waals surface area (Å²) in [5.41, 5.74) is 1.21. The van der Waals surface area contributed by atoms with Gasteiger partial charge >= 0.3 is 6.18 Å². The van der Waals surface area contributed by atoms with Crippen molar-refractivity contribution in [3.8, 4) is 0 Å². The van der Waals surface area contributed by atoms with Gasteiger partial charge in [0.2, 0.25) is 5.91 Å². The Kier molecular flexibility index (Phi) is 5.52. The molecule has 1 aromatic heterocycles. The topological polar surface area (TPSA) is 74.6 Å². The lowest BCUT2D eigenvalue weighted by Crippen LogP contribution is -2.50. The molecular formula is C21H26F3N3O3. The molecule has 3 aliphatic rings. The molecule has 1 aromatic rings. The summed E-state index contributed by atoms with van der Waals surface area (Å²) in [6, 6.07) is 2.51. The van der Waals surface area contributed by atoms with Crippen LogP contribution in [0.25, 0.3) is 6.08 Å². The predicted octanol–water partition coefficient (Wildman–Crippen LogP) is 1.93. The minimum Gasteiger partial charge on any atom is -0.396 e. The van der Waals surface area contributed by atoms with E-state index >= 15 is 0 Å². The number of carbonyl (C=O) groups excluding carboxylic acids is 1. The zero-order chi connectivity index (χ0) is 21.6. The van der Waals surface area contributed by atoms with Gasteiger partial charge in [-0.15, -0.1) is 0 Å². The first-order valence-electron chi connectivity index (χ1n) is 10.3. The predicted molar refractivity (Wildman–Crippen MR) is 104 cm³/mol. The molecule has 30 heavy (non-hydrogen) atoms. The van der Waals surface area contributed by atoms with Crippen LogP contribution in [-0.4, -0.2) is 52.4 Å². The summed E-state index contributed by atoms with van der Waals surface area (Å²) in [6.45, 7) is 1.04. The van der Waals surface area contributed by atoms with Crippen molar-refractivity contribution in [1.82, 2.24) is 14.8 Å². The number of carbonyl (C=O) groups is 1. The lowest BCUT2D eigenvalue weighted by atomic mass is 9.88. The molecule has 1 aliphatic carbocycles. The fourth-order valence-electron chi connectivity index (χ4n) is 5.03. The number of hydrogen-bond acceptors (Lipinski definition) is 4. The minimum absolute atomic E-state index is 0.124. The average Bonchev–Trinajstić information content (AvgIpc) is 3.34. The van der Waals surface area contributed by atoms with Crippen molar-refractivity contribution in [2.45, 2.75) is 44.6 Å². The summed E-state index contributed by atoms with van der Waals surface area (Å²) in [5.74, 6) is -1.06. The van der Waals surface area contributed by atoms with Gasteiger partial charge in [-0.3, -0.25) is 14.5 Å². The third-order valence-corrected chi connectivity index (χ3v) is 6.46. The SMILES string of the molecule is C/C=C\c1ccc2n(c1=O)C[C@@H]1[C@@H](CO)[C@H](C(=O)NCC(F)(F)F)N(CC3CC3)[C@H]21. The van der Waals surface area contributed by atoms with Crippen LogP contribution in [-0.2, 0) is 11.3 Å². The first-order valence-corrected chi connectivity index (χ1v) is 10.3. The molecule has 2 N–H and O–H groups in total. The number of halogens is 3. The molecule has 6 nitrogen and oxygen atoms in total. The number of allylic oxidation sites excluding steroid dienone is 1. The summed E-state index contributed by atoms with van der Waals surface area (Å²) in [4.78, 5) is 27.6. The van der Waals surface area contributed by atoms with E-state index in [-0.39, 0.29) is 24.1 Å². The number of amides is 1. The lowest BCUT2D eigenvalue weighted by molar-refractivity contribution is -0.142. The number of aromatic nitrogens is 1. The van der Waals surface area contributed by atoms with Crippen LogP contribution in [0.5, 0.6) is 0 Å². The Bertz CT molecular complexity index is 907. The maximum absolute atomic E-state index is 12.9. The van der Waals surface area contributed by atoms with Crippen LogP contribution in [0.4, 0.5) is 13.2 Å². The maximum atomic E-state index is 12.9. The van der Waals surface area contributed by atoms with E-state index in [9.17, 15) is 27.9 Å². The Balaban J connectivity index is 1.69. The first kappa shape index (κ1) is 21.1. The van der Waals surface area contributed by atoms with E-state index in [1.54, 1.807) is 22.8 Å². The number of hydrogen-bond donors (Lipinski definition) is 2. The average molecular weight is 425 g/mol. The Labute approximate surface area is 172 Å². The van der Waals surface area contributed by atoms with Gasteiger partial charge in [-0.05, 0) is 37.8 Å². The van der Waals surface area contributed by atoms with E-state index in [0.717, 1.165) is 18.5 Å². The maximum Gasteiger partial charge on any atom is 0.405 e. The molecule has 0 spiro atoms. The highest BCUT2D eigenvalue weighted by molar-refractivity contribution is 5.83. The second-order valence-corrected chi connectivity index (χ2v) is 8.50. The summed E-state index contributed by atoms with van der Waals surface area (Å²) in [5, 5.41) is 12.1. The van der Waals surface area contributed by atoms with E-state index in [1.807, 2.05) is 23.2 Å². The van der Waals surface area contributed by atoms with E-state index < -0.39 is 30.6 Å². The van der Waals surface area contributed by atoms with Crippen LogP contribution in [0.2, 0.25) is 0 Å². The summed E-state index contributed by atoms with van der Waals surface area (Å²) in [7, 11) is 0. The van der Waals surface area contributed by atoms with E-state index in [2.05, 4.69) is 0 Å². The minimum atomic E-state index is -4.50. The molecule has 164 valence electrons. The standard InChI is InChI=1S/C21H26F3N3O3/c1-2-3-13-6-7-16-17-14(9-26(16)20(13)30)15(10-28)18(27(17)8-12-4-5-12)19(29)25-11-21(22,23)24/h2-3,6-7,12,14-15,17-18,28H,4-5,8-11H2,1H3,(H,25,29)/b3-2-/t14-,15-,17+,18-/m1/s1. The van der Waals surface area contributed by atoms with Crippen LogP contribution in [0.3, 0.4) is 0 Å². The molecule has 0 bridgehead atoms. The number of alkyl halides is 3. The molecule has 3 heterocycles. The fraction of sp³-hybridized carbons (Fsp3) is 0.619. The molecule has 0 aromatic carbocycles. The van der Waals surface area contributed by atoms with Gasteiger partial charge in [-0.25, -0.2) is 0 Å². The monoisotopic (exact) mass is 425 g/mol. The smallest absolute Gasteiger partial charge is 0.396 e. The highest BCUT2D eigenvalue weighted by atomic mass is 19.4. The zero-order valence-electron chi connectivity index (χ0n) is 16.7. The molecule has 2 fully saturated rings. The third-order valence-electron chi connectivity index (χ3n) is 6.46. The first-order chi connectivity index (χ1) is 14.2. The number of likely N-dealkylation sites (tertiary alicyclic amines) is 1. The molecule has 0 unspecified atom stereocenters. The molecule has 4 rings (SSSR count). The van der Waals surface area contributed by atoms with Crippen molar-refractivity contribution in [1.29, 1.82) is 0 Å². The van der Waals surface area contributed by atoms with Crippen molar-refractivity contribution in [2.24, 2.45) is 17.8 Å². The number of nitrogens with zero attached hydrogens (tertiary/aromatic N) is 2. The van der Waals surface area contributed by atoms with Gasteiger partial charge in [0, 0.05) is 42.8 Å². The third kappa shape index (κ3) is 3.80.